The molecule has 0 aliphatic rings. The van der Waals surface area contributed by atoms with Gasteiger partial charge >= 0.3 is 5.97 Å². The maximum Gasteiger partial charge on any atom is 0.356 e. The molecule has 0 aliphatic heterocycles. The van der Waals surface area contributed by atoms with Crippen LogP contribution in [-0.4, -0.2) is 37.5 Å². The molecule has 0 saturated carbocycles. The summed E-state index contributed by atoms with van der Waals surface area (Å²) in [6.07, 6.45) is 1.60. The minimum absolute atomic E-state index is 0.321. The summed E-state index contributed by atoms with van der Waals surface area (Å²) in [6.45, 7) is 6.74. The molecule has 0 atom stereocenters. The summed E-state index contributed by atoms with van der Waals surface area (Å²) >= 11 is 3.42. The van der Waals surface area contributed by atoms with Crippen LogP contribution in [0.25, 0.3) is 16.9 Å². The fourth-order valence-corrected chi connectivity index (χ4v) is 3.04. The third-order valence-electron chi connectivity index (χ3n) is 3.76. The van der Waals surface area contributed by atoms with Crippen LogP contribution in [0.5, 0.6) is 0 Å². The highest BCUT2D eigenvalue weighted by atomic mass is 79.9. The average molecular weight is 378 g/mol. The molecule has 3 rings (SSSR count). The van der Waals surface area contributed by atoms with Gasteiger partial charge in [-0.15, -0.1) is 0 Å². The van der Waals surface area contributed by atoms with E-state index in [1.54, 1.807) is 12.3 Å². The lowest BCUT2D eigenvalue weighted by molar-refractivity contribution is 0.0590. The smallest absolute Gasteiger partial charge is 0.356 e. The number of hydrogen-bond acceptors (Lipinski definition) is 5. The molecule has 0 N–H and O–H groups in total. The summed E-state index contributed by atoms with van der Waals surface area (Å²) in [5, 5.41) is 8.69. The highest BCUT2D eigenvalue weighted by Gasteiger charge is 2.21. The van der Waals surface area contributed by atoms with Crippen LogP contribution in [0.15, 0.2) is 16.7 Å². The summed E-state index contributed by atoms with van der Waals surface area (Å²) in [5.74, 6) is -0.465. The first-order valence-corrected chi connectivity index (χ1v) is 7.94. The number of hydrogen-bond donors (Lipinski definition) is 0. The zero-order chi connectivity index (χ0) is 16.7. The topological polar surface area (TPSA) is 74.3 Å². The molecule has 0 unspecified atom stereocenters. The van der Waals surface area contributed by atoms with Crippen molar-refractivity contribution in [2.75, 3.05) is 7.11 Å². The van der Waals surface area contributed by atoms with Crippen LogP contribution in [-0.2, 0) is 11.3 Å². The summed E-state index contributed by atoms with van der Waals surface area (Å²) in [6, 6.07) is 1.69. The fraction of sp³-hybridized carbons (Fsp3) is 0.333. The number of methoxy groups -OCH3 is 1. The van der Waals surface area contributed by atoms with E-state index in [0.29, 0.717) is 21.5 Å². The molecule has 7 nitrogen and oxygen atoms in total. The van der Waals surface area contributed by atoms with Gasteiger partial charge in [0.2, 0.25) is 0 Å². The fourth-order valence-electron chi connectivity index (χ4n) is 2.69. The molecule has 0 fully saturated rings. The van der Waals surface area contributed by atoms with Gasteiger partial charge in [0, 0.05) is 17.8 Å². The number of carbonyl (C=O) groups excluding carboxylic acids is 1. The summed E-state index contributed by atoms with van der Waals surface area (Å²) < 4.78 is 8.96. The maximum absolute atomic E-state index is 12.1. The Morgan fingerprint density at radius 1 is 1.39 bits per heavy atom. The van der Waals surface area contributed by atoms with E-state index in [-0.39, 0.29) is 0 Å². The van der Waals surface area contributed by atoms with Gasteiger partial charge in [-0.05, 0) is 42.8 Å². The van der Waals surface area contributed by atoms with Gasteiger partial charge in [-0.2, -0.15) is 10.2 Å². The molecular formula is C15H16BrN5O2. The molecule has 23 heavy (non-hydrogen) atoms. The number of halogens is 1. The lowest BCUT2D eigenvalue weighted by atomic mass is 10.1. The monoisotopic (exact) mass is 377 g/mol. The lowest BCUT2D eigenvalue weighted by Gasteiger charge is -2.07. The van der Waals surface area contributed by atoms with E-state index in [0.717, 1.165) is 23.5 Å². The van der Waals surface area contributed by atoms with Crippen LogP contribution < -0.4 is 0 Å². The van der Waals surface area contributed by atoms with Gasteiger partial charge in [-0.3, -0.25) is 4.68 Å². The largest absolute Gasteiger partial charge is 0.464 e. The second-order valence-electron chi connectivity index (χ2n) is 5.11. The second-order valence-corrected chi connectivity index (χ2v) is 5.96. The van der Waals surface area contributed by atoms with Crippen molar-refractivity contribution in [2.24, 2.45) is 0 Å². The van der Waals surface area contributed by atoms with Crippen LogP contribution >= 0.6 is 15.9 Å². The molecule has 0 radical (unpaired) electrons. The molecule has 0 saturated heterocycles. The molecule has 3 aromatic rings. The van der Waals surface area contributed by atoms with Crippen molar-refractivity contribution < 1.29 is 9.53 Å². The molecule has 0 amide bonds. The molecule has 0 spiro atoms. The number of aromatic nitrogens is 5. The maximum atomic E-state index is 12.1. The Balaban J connectivity index is 2.33. The van der Waals surface area contributed by atoms with Crippen LogP contribution in [0, 0.1) is 13.8 Å². The molecule has 3 aromatic heterocycles. The number of carbonyl (C=O) groups is 1. The molecular weight excluding hydrogens is 362 g/mol. The van der Waals surface area contributed by atoms with Crippen LogP contribution in [0.3, 0.4) is 0 Å². The lowest BCUT2D eigenvalue weighted by Crippen LogP contribution is -2.11. The van der Waals surface area contributed by atoms with Crippen molar-refractivity contribution in [3.63, 3.8) is 0 Å². The number of esters is 1. The summed E-state index contributed by atoms with van der Waals surface area (Å²) in [7, 11) is 1.35. The highest BCUT2D eigenvalue weighted by molar-refractivity contribution is 9.10. The number of aryl methyl sites for hydroxylation is 2. The zero-order valence-electron chi connectivity index (χ0n) is 13.3. The first-order chi connectivity index (χ1) is 11.0. The van der Waals surface area contributed by atoms with Gasteiger partial charge < -0.3 is 4.74 Å². The Morgan fingerprint density at radius 3 is 2.74 bits per heavy atom. The predicted molar refractivity (Wildman–Crippen MR) is 88.4 cm³/mol. The number of nitrogens with zero attached hydrogens (tertiary/aromatic N) is 5. The summed E-state index contributed by atoms with van der Waals surface area (Å²) in [4.78, 5) is 16.7. The molecule has 8 heteroatoms. The normalized spacial score (nSPS) is 11.2. The van der Waals surface area contributed by atoms with E-state index in [2.05, 4.69) is 31.1 Å². The van der Waals surface area contributed by atoms with Crippen LogP contribution in [0.1, 0.15) is 28.8 Å². The third kappa shape index (κ3) is 2.42. The van der Waals surface area contributed by atoms with E-state index >= 15 is 0 Å². The number of fused-ring (bicyclic) bond motifs is 1. The van der Waals surface area contributed by atoms with Crippen molar-refractivity contribution in [1.82, 2.24) is 24.4 Å². The van der Waals surface area contributed by atoms with Crippen LogP contribution in [0.4, 0.5) is 0 Å². The van der Waals surface area contributed by atoms with Gasteiger partial charge in [0.25, 0.3) is 0 Å². The van der Waals surface area contributed by atoms with Gasteiger partial charge in [-0.1, -0.05) is 0 Å². The SMILES string of the molecule is CCn1nc(C)c(-c2cc(C(=O)OC)n3ncc(Br)c3n2)c1C. The van der Waals surface area contributed by atoms with Gasteiger partial charge in [0.1, 0.15) is 0 Å². The Labute approximate surface area is 141 Å². The Bertz CT molecular complexity index is 912. The Morgan fingerprint density at radius 2 is 2.13 bits per heavy atom. The Kier molecular flexibility index (Phi) is 3.93. The van der Waals surface area contributed by atoms with Crippen molar-refractivity contribution in [2.45, 2.75) is 27.3 Å². The minimum atomic E-state index is -0.465. The average Bonchev–Trinajstić information content (AvgIpc) is 3.05. The van der Waals surface area contributed by atoms with E-state index in [1.165, 1.54) is 11.6 Å². The third-order valence-corrected chi connectivity index (χ3v) is 4.32. The Hall–Kier alpha value is -2.22. The van der Waals surface area contributed by atoms with Gasteiger partial charge in [-0.25, -0.2) is 14.3 Å². The zero-order valence-corrected chi connectivity index (χ0v) is 14.9. The number of ether oxygens (including phenoxy) is 1. The van der Waals surface area contributed by atoms with Gasteiger partial charge in [0.15, 0.2) is 11.3 Å². The van der Waals surface area contributed by atoms with E-state index < -0.39 is 5.97 Å². The van der Waals surface area contributed by atoms with Crippen molar-refractivity contribution in [3.8, 4) is 11.3 Å². The van der Waals surface area contributed by atoms with Crippen molar-refractivity contribution >= 4 is 27.5 Å². The van der Waals surface area contributed by atoms with Gasteiger partial charge in [0.05, 0.1) is 29.2 Å². The first kappa shape index (κ1) is 15.7. The number of rotatable bonds is 3. The van der Waals surface area contributed by atoms with Crippen molar-refractivity contribution in [3.05, 3.63) is 33.8 Å². The first-order valence-electron chi connectivity index (χ1n) is 7.14. The molecule has 0 bridgehead atoms. The van der Waals surface area contributed by atoms with Crippen molar-refractivity contribution in [1.29, 1.82) is 0 Å². The second kappa shape index (κ2) is 5.77. The van der Waals surface area contributed by atoms with E-state index in [4.69, 9.17) is 4.74 Å². The standard InChI is InChI=1S/C15H16BrN5O2/c1-5-20-9(3)13(8(2)19-20)11-6-12(15(22)23-4)21-14(18-11)10(16)7-17-21/h6-7H,5H2,1-4H3. The minimum Gasteiger partial charge on any atom is -0.464 e. The molecule has 120 valence electrons. The molecule has 3 heterocycles. The quantitative estimate of drug-likeness (QED) is 0.656. The summed E-state index contributed by atoms with van der Waals surface area (Å²) in [5.41, 5.74) is 4.36. The van der Waals surface area contributed by atoms with E-state index in [9.17, 15) is 4.79 Å². The molecule has 0 aromatic carbocycles. The van der Waals surface area contributed by atoms with Crippen LogP contribution in [0.2, 0.25) is 0 Å². The molecule has 0 aliphatic carbocycles. The highest BCUT2D eigenvalue weighted by Crippen LogP contribution is 2.28. The predicted octanol–water partition coefficient (Wildman–Crippen LogP) is 2.78. The van der Waals surface area contributed by atoms with E-state index in [1.807, 2.05) is 25.5 Å².